The normalized spacial score (nSPS) is 33.5. The zero-order chi connectivity index (χ0) is 26.2. The van der Waals surface area contributed by atoms with Crippen molar-refractivity contribution < 1.29 is 19.4 Å². The molecule has 4 aliphatic rings. The molecule has 3 saturated carbocycles. The predicted octanol–water partition coefficient (Wildman–Crippen LogP) is 6.96. The van der Waals surface area contributed by atoms with Gasteiger partial charge in [0.25, 0.3) is 0 Å². The van der Waals surface area contributed by atoms with E-state index in [0.717, 1.165) is 75.6 Å². The number of fused-ring (bicyclic) bond motifs is 5. The number of carbonyl (C=O) groups excluding carboxylic acids is 1. The molecule has 1 amide bonds. The lowest BCUT2D eigenvalue weighted by molar-refractivity contribution is -0.131. The number of rotatable bonds is 8. The number of nitrogens with zero attached hydrogens (tertiary/aromatic N) is 1. The van der Waals surface area contributed by atoms with Gasteiger partial charge in [0.15, 0.2) is 11.6 Å². The Morgan fingerprint density at radius 2 is 1.89 bits per heavy atom. The van der Waals surface area contributed by atoms with Crippen molar-refractivity contribution in [2.45, 2.75) is 116 Å². The zero-order valence-corrected chi connectivity index (χ0v) is 23.1. The van der Waals surface area contributed by atoms with Crippen LogP contribution >= 0.6 is 0 Å². The summed E-state index contributed by atoms with van der Waals surface area (Å²) in [6.45, 7) is 6.04. The van der Waals surface area contributed by atoms with Crippen molar-refractivity contribution in [2.75, 3.05) is 13.1 Å². The number of aliphatic hydroxyl groups excluding tert-OH is 1. The largest absolute Gasteiger partial charge is 0.505 e. The van der Waals surface area contributed by atoms with Gasteiger partial charge in [0.2, 0.25) is 5.91 Å². The van der Waals surface area contributed by atoms with Crippen molar-refractivity contribution in [2.24, 2.45) is 29.1 Å². The number of hydrogen-bond donors (Lipinski definition) is 2. The van der Waals surface area contributed by atoms with Gasteiger partial charge in [-0.05, 0) is 116 Å². The third-order valence-corrected chi connectivity index (χ3v) is 11.0. The van der Waals surface area contributed by atoms with Crippen LogP contribution in [0.1, 0.15) is 114 Å². The van der Waals surface area contributed by atoms with E-state index in [2.05, 4.69) is 11.8 Å². The molecule has 4 aliphatic carbocycles. The molecule has 4 nitrogen and oxygen atoms in total. The Bertz CT molecular complexity index is 960. The summed E-state index contributed by atoms with van der Waals surface area (Å²) in [6, 6.07) is 3.28. The number of halogens is 1. The number of unbranched alkanes of at least 4 members (excludes halogenated alkanes) is 1. The lowest BCUT2D eigenvalue weighted by atomic mass is 9.52. The van der Waals surface area contributed by atoms with Gasteiger partial charge in [0.05, 0.1) is 6.10 Å². The van der Waals surface area contributed by atoms with E-state index < -0.39 is 5.82 Å². The highest BCUT2D eigenvalue weighted by Gasteiger charge is 2.56. The number of benzene rings is 1. The van der Waals surface area contributed by atoms with Crippen LogP contribution in [0.2, 0.25) is 0 Å². The zero-order valence-electron chi connectivity index (χ0n) is 23.1. The maximum absolute atomic E-state index is 14.4. The van der Waals surface area contributed by atoms with Crippen LogP contribution in [-0.4, -0.2) is 40.2 Å². The second-order valence-corrected chi connectivity index (χ2v) is 13.1. The molecule has 0 saturated heterocycles. The summed E-state index contributed by atoms with van der Waals surface area (Å²) in [5, 5.41) is 21.0. The van der Waals surface area contributed by atoms with Gasteiger partial charge < -0.3 is 15.1 Å². The molecule has 0 spiro atoms. The van der Waals surface area contributed by atoms with Gasteiger partial charge in [-0.1, -0.05) is 39.5 Å². The van der Waals surface area contributed by atoms with Crippen LogP contribution in [-0.2, 0) is 11.2 Å². The first-order valence-electron chi connectivity index (χ1n) is 15.3. The molecule has 5 heteroatoms. The van der Waals surface area contributed by atoms with Crippen LogP contribution in [0, 0.1) is 34.9 Å². The van der Waals surface area contributed by atoms with Crippen molar-refractivity contribution in [3.63, 3.8) is 0 Å². The molecule has 37 heavy (non-hydrogen) atoms. The summed E-state index contributed by atoms with van der Waals surface area (Å²) in [5.41, 5.74) is 2.19. The molecule has 6 atom stereocenters. The van der Waals surface area contributed by atoms with Crippen LogP contribution in [0.3, 0.4) is 0 Å². The molecule has 5 rings (SSSR count). The van der Waals surface area contributed by atoms with Crippen LogP contribution in [0.5, 0.6) is 5.75 Å². The Kier molecular flexibility index (Phi) is 8.19. The highest BCUT2D eigenvalue weighted by Crippen LogP contribution is 2.62. The summed E-state index contributed by atoms with van der Waals surface area (Å²) >= 11 is 0. The van der Waals surface area contributed by atoms with E-state index in [0.29, 0.717) is 36.0 Å². The minimum absolute atomic E-state index is 0.0310. The first-order chi connectivity index (χ1) is 17.8. The van der Waals surface area contributed by atoms with Crippen LogP contribution in [0.25, 0.3) is 0 Å². The Hall–Kier alpha value is -1.62. The number of amides is 1. The summed E-state index contributed by atoms with van der Waals surface area (Å²) in [4.78, 5) is 14.8. The quantitative estimate of drug-likeness (QED) is 0.369. The Balaban J connectivity index is 1.28. The molecular weight excluding hydrogens is 465 g/mol. The number of phenolic OH excluding ortho intramolecular Hbond substituents is 1. The maximum atomic E-state index is 14.4. The molecule has 1 aromatic rings. The molecule has 0 aliphatic heterocycles. The highest BCUT2D eigenvalue weighted by molar-refractivity contribution is 5.75. The molecule has 0 aromatic heterocycles. The van der Waals surface area contributed by atoms with Crippen molar-refractivity contribution in [1.82, 2.24) is 4.90 Å². The van der Waals surface area contributed by atoms with E-state index >= 15 is 0 Å². The predicted molar refractivity (Wildman–Crippen MR) is 145 cm³/mol. The van der Waals surface area contributed by atoms with E-state index in [-0.39, 0.29) is 23.2 Å². The average Bonchev–Trinajstić information content (AvgIpc) is 3.20. The van der Waals surface area contributed by atoms with Crippen LogP contribution in [0.4, 0.5) is 4.39 Å². The molecule has 206 valence electrons. The van der Waals surface area contributed by atoms with Gasteiger partial charge in [-0.3, -0.25) is 4.79 Å². The van der Waals surface area contributed by atoms with Crippen molar-refractivity contribution >= 4 is 5.91 Å². The first-order valence-corrected chi connectivity index (χ1v) is 15.3. The Morgan fingerprint density at radius 1 is 1.11 bits per heavy atom. The third-order valence-electron chi connectivity index (χ3n) is 11.0. The summed E-state index contributed by atoms with van der Waals surface area (Å²) < 4.78 is 14.4. The molecule has 2 N–H and O–H groups in total. The summed E-state index contributed by atoms with van der Waals surface area (Å²) in [7, 11) is 0. The topological polar surface area (TPSA) is 60.8 Å². The number of aliphatic hydroxyl groups is 1. The van der Waals surface area contributed by atoms with E-state index in [1.807, 2.05) is 6.92 Å². The minimum atomic E-state index is -0.505. The molecule has 1 aromatic carbocycles. The first kappa shape index (κ1) is 27.0. The van der Waals surface area contributed by atoms with E-state index in [1.165, 1.54) is 32.1 Å². The van der Waals surface area contributed by atoms with Gasteiger partial charge in [0.1, 0.15) is 0 Å². The molecule has 3 unspecified atom stereocenters. The highest BCUT2D eigenvalue weighted by atomic mass is 19.1. The maximum Gasteiger partial charge on any atom is 0.222 e. The summed E-state index contributed by atoms with van der Waals surface area (Å²) in [5.74, 6) is 1.95. The fraction of sp³-hybridized carbons (Fsp3) is 0.781. The molecule has 3 fully saturated rings. The molecular formula is C32H48FNO3. The average molecular weight is 514 g/mol. The van der Waals surface area contributed by atoms with Crippen molar-refractivity contribution in [3.05, 3.63) is 29.1 Å². The molecule has 0 radical (unpaired) electrons. The minimum Gasteiger partial charge on any atom is -0.505 e. The van der Waals surface area contributed by atoms with Crippen LogP contribution in [0.15, 0.2) is 12.1 Å². The van der Waals surface area contributed by atoms with Crippen molar-refractivity contribution in [3.8, 4) is 5.75 Å². The molecule has 0 heterocycles. The van der Waals surface area contributed by atoms with Crippen LogP contribution < -0.4 is 0 Å². The van der Waals surface area contributed by atoms with Gasteiger partial charge >= 0.3 is 0 Å². The Morgan fingerprint density at radius 3 is 2.65 bits per heavy atom. The third kappa shape index (κ3) is 5.31. The summed E-state index contributed by atoms with van der Waals surface area (Å²) in [6.07, 6.45) is 14.8. The lowest BCUT2D eigenvalue weighted by Crippen LogP contribution is -2.47. The van der Waals surface area contributed by atoms with E-state index in [4.69, 9.17) is 0 Å². The monoisotopic (exact) mass is 513 g/mol. The van der Waals surface area contributed by atoms with E-state index in [1.54, 1.807) is 12.1 Å². The fourth-order valence-electron chi connectivity index (χ4n) is 8.97. The number of carbonyl (C=O) groups is 1. The second kappa shape index (κ2) is 11.2. The smallest absolute Gasteiger partial charge is 0.222 e. The number of aromatic hydroxyl groups is 1. The fourth-order valence-corrected chi connectivity index (χ4v) is 8.97. The molecule has 0 bridgehead atoms. The van der Waals surface area contributed by atoms with E-state index in [9.17, 15) is 19.4 Å². The van der Waals surface area contributed by atoms with Gasteiger partial charge in [-0.2, -0.15) is 0 Å². The number of phenols is 1. The Labute approximate surface area is 223 Å². The van der Waals surface area contributed by atoms with Gasteiger partial charge in [-0.25, -0.2) is 4.39 Å². The van der Waals surface area contributed by atoms with Gasteiger partial charge in [0, 0.05) is 19.5 Å². The number of hydrogen-bond acceptors (Lipinski definition) is 3. The van der Waals surface area contributed by atoms with Gasteiger partial charge in [-0.15, -0.1) is 0 Å². The van der Waals surface area contributed by atoms with Crippen molar-refractivity contribution in [1.29, 1.82) is 0 Å². The SMILES string of the molecule is CCC(=O)N(CCCC[C@@H]1Cc2cc(O)c(F)cc2C2CC[C@@]3(C)C(CC[C@@H]3O)C21)CC1CCCCC1. The lowest BCUT2D eigenvalue weighted by Gasteiger charge is -2.53. The standard InChI is InChI=1S/C32H48FNO3/c1-3-30(37)34(20-21-9-5-4-6-10-21)16-8-7-11-22-17-23-18-28(35)27(33)19-25(23)24-14-15-32(2)26(31(22)24)12-13-29(32)36/h18-19,21-22,24,26,29,31,35-36H,3-17,20H2,1-2H3/t22-,24?,26?,29+,31?,32+/m1/s1. The second-order valence-electron chi connectivity index (χ2n) is 13.1.